The largest absolute Gasteiger partial charge is 0.296 e. The Hall–Kier alpha value is -2.00. The molecule has 7 heteroatoms. The van der Waals surface area contributed by atoms with Crippen molar-refractivity contribution >= 4 is 55.4 Å². The summed E-state index contributed by atoms with van der Waals surface area (Å²) in [6.45, 7) is 8.75. The van der Waals surface area contributed by atoms with Crippen LogP contribution in [0.1, 0.15) is 75.7 Å². The Balaban J connectivity index is 2.69. The molecule has 2 aromatic carbocycles. The number of carbonyl (C=O) groups excluding carboxylic acids is 2. The molecule has 2 aromatic rings. The van der Waals surface area contributed by atoms with Crippen molar-refractivity contribution in [1.82, 2.24) is 4.90 Å². The van der Waals surface area contributed by atoms with Crippen molar-refractivity contribution in [2.75, 3.05) is 6.54 Å². The van der Waals surface area contributed by atoms with Crippen molar-refractivity contribution in [1.29, 1.82) is 0 Å². The smallest absolute Gasteiger partial charge is 0.259 e. The van der Waals surface area contributed by atoms with Crippen LogP contribution in [0.5, 0.6) is 0 Å². The zero-order valence-corrected chi connectivity index (χ0v) is 23.6. The summed E-state index contributed by atoms with van der Waals surface area (Å²) in [5.41, 5.74) is 3.24. The predicted molar refractivity (Wildman–Crippen MR) is 152 cm³/mol. The van der Waals surface area contributed by atoms with Gasteiger partial charge in [-0.15, -0.1) is 0 Å². The van der Waals surface area contributed by atoms with Crippen LogP contribution in [0.15, 0.2) is 59.1 Å². The third-order valence-electron chi connectivity index (χ3n) is 5.47. The summed E-state index contributed by atoms with van der Waals surface area (Å²) in [6.07, 6.45) is 3.50. The van der Waals surface area contributed by atoms with Crippen molar-refractivity contribution in [2.45, 2.75) is 59.8 Å². The third-order valence-corrected chi connectivity index (χ3v) is 6.49. The number of unbranched alkanes of at least 4 members (excludes halogenated alkanes) is 1. The molecule has 0 bridgehead atoms. The van der Waals surface area contributed by atoms with E-state index in [2.05, 4.69) is 36.9 Å². The maximum atomic E-state index is 13.6. The lowest BCUT2D eigenvalue weighted by Gasteiger charge is -2.25. The Kier molecular flexibility index (Phi) is 12.1. The summed E-state index contributed by atoms with van der Waals surface area (Å²) in [7, 11) is 2.20. The summed E-state index contributed by atoms with van der Waals surface area (Å²) < 4.78 is 0. The molecule has 0 fully saturated rings. The summed E-state index contributed by atoms with van der Waals surface area (Å²) in [5, 5.41) is 0.932. The zero-order valence-electron chi connectivity index (χ0n) is 21.0. The van der Waals surface area contributed by atoms with Crippen LogP contribution < -0.4 is 0 Å². The number of nitrogens with zero attached hydrogens (tertiary/aromatic N) is 2. The van der Waals surface area contributed by atoms with Crippen LogP contribution >= 0.6 is 32.4 Å². The minimum Gasteiger partial charge on any atom is -0.296 e. The molecule has 0 aliphatic carbocycles. The molecule has 0 aliphatic heterocycles. The third kappa shape index (κ3) is 9.18. The summed E-state index contributed by atoms with van der Waals surface area (Å²) >= 11 is 12.5. The number of rotatable bonds is 11. The van der Waals surface area contributed by atoms with Gasteiger partial charge < -0.3 is 0 Å². The number of hydrogen-bond donors (Lipinski definition) is 0. The molecular weight excluding hydrogens is 498 g/mol. The first-order valence-corrected chi connectivity index (χ1v) is 13.3. The molecule has 1 atom stereocenters. The molecule has 188 valence electrons. The fourth-order valence-corrected chi connectivity index (χ4v) is 4.21. The maximum absolute atomic E-state index is 13.6. The van der Waals surface area contributed by atoms with E-state index in [1.807, 2.05) is 30.3 Å². The second kappa shape index (κ2) is 14.5. The van der Waals surface area contributed by atoms with Gasteiger partial charge in [0.1, 0.15) is 11.4 Å². The van der Waals surface area contributed by atoms with Gasteiger partial charge in [0.05, 0.1) is 15.7 Å². The van der Waals surface area contributed by atoms with E-state index >= 15 is 0 Å². The second-order valence-corrected chi connectivity index (χ2v) is 10.5. The van der Waals surface area contributed by atoms with Gasteiger partial charge in [0.25, 0.3) is 5.91 Å². The van der Waals surface area contributed by atoms with Crippen molar-refractivity contribution in [2.24, 2.45) is 10.9 Å². The Labute approximate surface area is 222 Å². The molecule has 0 radical (unpaired) electrons. The highest BCUT2D eigenvalue weighted by Gasteiger charge is 2.22. The highest BCUT2D eigenvalue weighted by molar-refractivity contribution is 7.40. The molecule has 0 heterocycles. The molecule has 35 heavy (non-hydrogen) atoms. The van der Waals surface area contributed by atoms with Gasteiger partial charge in [-0.2, -0.15) is 0 Å². The van der Waals surface area contributed by atoms with E-state index in [4.69, 9.17) is 28.2 Å². The fraction of sp³-hybridized carbons (Fsp3) is 0.393. The van der Waals surface area contributed by atoms with Crippen LogP contribution in [0.3, 0.4) is 0 Å². The van der Waals surface area contributed by atoms with Gasteiger partial charge in [-0.25, -0.2) is 4.99 Å². The SMILES string of the molecule is CCCCC(=N/C(=C(\C)CC(C)C)c1ccc(Cl)c(Cl)c1)N(CCC(=O)P)C(=O)c1ccccc1. The fourth-order valence-electron chi connectivity index (χ4n) is 3.78. The van der Waals surface area contributed by atoms with Gasteiger partial charge in [0.15, 0.2) is 0 Å². The molecule has 0 aliphatic rings. The van der Waals surface area contributed by atoms with E-state index in [0.717, 1.165) is 36.1 Å². The molecule has 0 N–H and O–H groups in total. The minimum atomic E-state index is -0.165. The number of amides is 1. The van der Waals surface area contributed by atoms with E-state index < -0.39 is 0 Å². The molecule has 0 spiro atoms. The van der Waals surface area contributed by atoms with Crippen LogP contribution in [0.25, 0.3) is 5.70 Å². The summed E-state index contributed by atoms with van der Waals surface area (Å²) in [5.74, 6) is 0.914. The molecule has 0 saturated carbocycles. The van der Waals surface area contributed by atoms with Gasteiger partial charge in [-0.3, -0.25) is 14.5 Å². The van der Waals surface area contributed by atoms with Gasteiger partial charge in [0, 0.05) is 30.5 Å². The summed E-state index contributed by atoms with van der Waals surface area (Å²) in [6, 6.07) is 14.6. The van der Waals surface area contributed by atoms with Crippen LogP contribution in [-0.2, 0) is 4.79 Å². The van der Waals surface area contributed by atoms with E-state index in [1.165, 1.54) is 0 Å². The van der Waals surface area contributed by atoms with Crippen LogP contribution in [0.4, 0.5) is 0 Å². The molecule has 0 saturated heterocycles. The Morgan fingerprint density at radius 1 is 1.00 bits per heavy atom. The van der Waals surface area contributed by atoms with Crippen LogP contribution in [-0.4, -0.2) is 28.7 Å². The molecule has 4 nitrogen and oxygen atoms in total. The highest BCUT2D eigenvalue weighted by Crippen LogP contribution is 2.31. The highest BCUT2D eigenvalue weighted by atomic mass is 35.5. The average Bonchev–Trinajstić information content (AvgIpc) is 2.81. The lowest BCUT2D eigenvalue weighted by Crippen LogP contribution is -2.38. The van der Waals surface area contributed by atoms with Crippen molar-refractivity contribution in [3.63, 3.8) is 0 Å². The maximum Gasteiger partial charge on any atom is 0.259 e. The molecule has 1 amide bonds. The minimum absolute atomic E-state index is 0.0538. The van der Waals surface area contributed by atoms with E-state index in [0.29, 0.717) is 33.8 Å². The van der Waals surface area contributed by atoms with Gasteiger partial charge in [-0.05, 0) is 55.5 Å². The first kappa shape index (κ1) is 29.2. The van der Waals surface area contributed by atoms with Crippen LogP contribution in [0.2, 0.25) is 10.0 Å². The van der Waals surface area contributed by atoms with Crippen molar-refractivity contribution in [3.05, 3.63) is 75.3 Å². The quantitative estimate of drug-likeness (QED) is 0.166. The number of hydrogen-bond acceptors (Lipinski definition) is 3. The average molecular weight is 533 g/mol. The predicted octanol–water partition coefficient (Wildman–Crippen LogP) is 8.29. The lowest BCUT2D eigenvalue weighted by atomic mass is 9.99. The Morgan fingerprint density at radius 3 is 2.26 bits per heavy atom. The molecule has 1 unspecified atom stereocenters. The molecule has 0 aromatic heterocycles. The van der Waals surface area contributed by atoms with Crippen molar-refractivity contribution < 1.29 is 9.59 Å². The Morgan fingerprint density at radius 2 is 1.69 bits per heavy atom. The first-order valence-electron chi connectivity index (χ1n) is 12.0. The zero-order chi connectivity index (χ0) is 26.0. The first-order chi connectivity index (χ1) is 16.6. The van der Waals surface area contributed by atoms with Crippen molar-refractivity contribution in [3.8, 4) is 0 Å². The number of allylic oxidation sites excluding steroid dienone is 1. The Bertz CT molecular complexity index is 1080. The number of benzene rings is 2. The monoisotopic (exact) mass is 532 g/mol. The number of carbonyl (C=O) groups is 2. The normalized spacial score (nSPS) is 12.5. The number of amidine groups is 1. The molecular formula is C28H35Cl2N2O2P. The van der Waals surface area contributed by atoms with Crippen LogP contribution in [0, 0.1) is 5.92 Å². The van der Waals surface area contributed by atoms with E-state index in [1.54, 1.807) is 23.1 Å². The summed E-state index contributed by atoms with van der Waals surface area (Å²) in [4.78, 5) is 32.2. The standard InChI is InChI=1S/C28H35Cl2N2O2P/c1-5-6-12-25(32(16-15-26(33)35)28(34)21-10-8-7-9-11-21)31-27(20(4)17-19(2)3)22-13-14-23(29)24(30)18-22/h7-11,13-14,18-19H,5-6,12,15-17,35H2,1-4H3/b27-20+,31-25?. The topological polar surface area (TPSA) is 49.7 Å². The van der Waals surface area contributed by atoms with E-state index in [9.17, 15) is 9.59 Å². The van der Waals surface area contributed by atoms with Gasteiger partial charge in [-0.1, -0.05) is 83.9 Å². The second-order valence-electron chi connectivity index (χ2n) is 9.03. The van der Waals surface area contributed by atoms with Gasteiger partial charge in [0.2, 0.25) is 0 Å². The van der Waals surface area contributed by atoms with Gasteiger partial charge >= 0.3 is 0 Å². The number of halogens is 2. The lowest BCUT2D eigenvalue weighted by molar-refractivity contribution is -0.111. The molecule has 2 rings (SSSR count). The number of aliphatic imine (C=N–C) groups is 1. The van der Waals surface area contributed by atoms with E-state index in [-0.39, 0.29) is 24.4 Å².